The monoisotopic (exact) mass is 340 g/mol. The number of carboxylic acids is 1. The molecule has 5 nitrogen and oxygen atoms in total. The third kappa shape index (κ3) is 2.80. The van der Waals surface area contributed by atoms with Gasteiger partial charge in [0, 0.05) is 5.92 Å². The zero-order valence-electron chi connectivity index (χ0n) is 14.0. The van der Waals surface area contributed by atoms with Gasteiger partial charge in [0.15, 0.2) is 11.5 Å². The van der Waals surface area contributed by atoms with Gasteiger partial charge >= 0.3 is 5.97 Å². The number of carbonyl (C=O) groups is 1. The highest BCUT2D eigenvalue weighted by Gasteiger charge is 2.39. The lowest BCUT2D eigenvalue weighted by Gasteiger charge is -2.18. The maximum atomic E-state index is 11.9. The Balaban J connectivity index is 1.72. The van der Waals surface area contributed by atoms with Crippen molar-refractivity contribution in [2.75, 3.05) is 13.4 Å². The minimum absolute atomic E-state index is 0.192. The van der Waals surface area contributed by atoms with Crippen LogP contribution in [0.5, 0.6) is 17.2 Å². The molecule has 5 heteroatoms. The molecular formula is C20H20O5. The SMILES string of the molecule is CCCOc1ccc2c(c1)CC(C(=O)O)C2c1ccc2c(c1)OCO2. The van der Waals surface area contributed by atoms with Crippen LogP contribution in [0.2, 0.25) is 0 Å². The molecule has 4 rings (SSSR count). The average molecular weight is 340 g/mol. The molecule has 0 bridgehead atoms. The first-order chi connectivity index (χ1) is 12.2. The predicted molar refractivity (Wildman–Crippen MR) is 91.5 cm³/mol. The highest BCUT2D eigenvalue weighted by Crippen LogP contribution is 2.46. The summed E-state index contributed by atoms with van der Waals surface area (Å²) in [5.41, 5.74) is 3.04. The molecule has 2 atom stereocenters. The van der Waals surface area contributed by atoms with E-state index in [1.807, 2.05) is 36.4 Å². The molecule has 0 saturated heterocycles. The Kier molecular flexibility index (Phi) is 3.99. The van der Waals surface area contributed by atoms with Crippen LogP contribution in [-0.2, 0) is 11.2 Å². The molecule has 2 aromatic carbocycles. The summed E-state index contributed by atoms with van der Waals surface area (Å²) in [7, 11) is 0. The molecule has 0 spiro atoms. The molecule has 25 heavy (non-hydrogen) atoms. The molecular weight excluding hydrogens is 320 g/mol. The molecule has 1 aliphatic carbocycles. The minimum Gasteiger partial charge on any atom is -0.494 e. The topological polar surface area (TPSA) is 65.0 Å². The number of rotatable bonds is 5. The van der Waals surface area contributed by atoms with E-state index in [0.717, 1.165) is 28.9 Å². The first-order valence-electron chi connectivity index (χ1n) is 8.55. The molecule has 1 aliphatic heterocycles. The lowest BCUT2D eigenvalue weighted by Crippen LogP contribution is -2.19. The predicted octanol–water partition coefficient (Wildman–Crippen LogP) is 3.59. The smallest absolute Gasteiger partial charge is 0.307 e. The van der Waals surface area contributed by atoms with E-state index in [0.29, 0.717) is 24.5 Å². The number of hydrogen-bond donors (Lipinski definition) is 1. The summed E-state index contributed by atoms with van der Waals surface area (Å²) >= 11 is 0. The minimum atomic E-state index is -0.783. The van der Waals surface area contributed by atoms with Gasteiger partial charge < -0.3 is 19.3 Å². The Morgan fingerprint density at radius 2 is 2.04 bits per heavy atom. The Hall–Kier alpha value is -2.69. The number of aliphatic carboxylic acids is 1. The maximum absolute atomic E-state index is 11.9. The van der Waals surface area contributed by atoms with E-state index in [1.165, 1.54) is 0 Å². The fourth-order valence-corrected chi connectivity index (χ4v) is 3.69. The molecule has 1 heterocycles. The van der Waals surface area contributed by atoms with Crippen molar-refractivity contribution >= 4 is 5.97 Å². The van der Waals surface area contributed by atoms with Gasteiger partial charge in [-0.25, -0.2) is 0 Å². The van der Waals surface area contributed by atoms with Gasteiger partial charge in [-0.3, -0.25) is 4.79 Å². The van der Waals surface area contributed by atoms with Crippen LogP contribution < -0.4 is 14.2 Å². The summed E-state index contributed by atoms with van der Waals surface area (Å²) < 4.78 is 16.5. The molecule has 0 fully saturated rings. The van der Waals surface area contributed by atoms with Gasteiger partial charge in [-0.05, 0) is 53.8 Å². The van der Waals surface area contributed by atoms with Crippen LogP contribution >= 0.6 is 0 Å². The second-order valence-corrected chi connectivity index (χ2v) is 6.45. The molecule has 2 unspecified atom stereocenters. The van der Waals surface area contributed by atoms with Gasteiger partial charge in [0.25, 0.3) is 0 Å². The van der Waals surface area contributed by atoms with Gasteiger partial charge in [-0.15, -0.1) is 0 Å². The second kappa shape index (κ2) is 6.31. The number of hydrogen-bond acceptors (Lipinski definition) is 4. The summed E-state index contributed by atoms with van der Waals surface area (Å²) in [5, 5.41) is 9.73. The Bertz CT molecular complexity index is 814. The first-order valence-corrected chi connectivity index (χ1v) is 8.55. The standard InChI is InChI=1S/C20H20O5/c1-2-7-23-14-4-5-15-13(8-14)9-16(20(21)22)19(15)12-3-6-17-18(10-12)25-11-24-17/h3-6,8,10,16,19H,2,7,9,11H2,1H3,(H,21,22). The van der Waals surface area contributed by atoms with Crippen LogP contribution in [0.15, 0.2) is 36.4 Å². The lowest BCUT2D eigenvalue weighted by molar-refractivity contribution is -0.141. The van der Waals surface area contributed by atoms with Crippen molar-refractivity contribution in [3.8, 4) is 17.2 Å². The average Bonchev–Trinajstić information content (AvgIpc) is 3.22. The summed E-state index contributed by atoms with van der Waals surface area (Å²) in [6.45, 7) is 2.93. The van der Waals surface area contributed by atoms with Crippen molar-refractivity contribution in [2.24, 2.45) is 5.92 Å². The van der Waals surface area contributed by atoms with Crippen molar-refractivity contribution < 1.29 is 24.1 Å². The van der Waals surface area contributed by atoms with Crippen LogP contribution in [0.25, 0.3) is 0 Å². The molecule has 0 saturated carbocycles. The van der Waals surface area contributed by atoms with E-state index in [-0.39, 0.29) is 12.7 Å². The van der Waals surface area contributed by atoms with Crippen molar-refractivity contribution in [3.05, 3.63) is 53.1 Å². The first kappa shape index (κ1) is 15.8. The molecule has 0 aromatic heterocycles. The third-order valence-electron chi connectivity index (χ3n) is 4.84. The van der Waals surface area contributed by atoms with Crippen molar-refractivity contribution in [3.63, 3.8) is 0 Å². The number of carboxylic acid groups (broad SMARTS) is 1. The molecule has 1 N–H and O–H groups in total. The van der Waals surface area contributed by atoms with E-state index in [1.54, 1.807) is 0 Å². The Morgan fingerprint density at radius 1 is 1.20 bits per heavy atom. The van der Waals surface area contributed by atoms with E-state index in [4.69, 9.17) is 14.2 Å². The van der Waals surface area contributed by atoms with Crippen LogP contribution in [0.1, 0.15) is 36.0 Å². The van der Waals surface area contributed by atoms with E-state index in [9.17, 15) is 9.90 Å². The normalized spacial score (nSPS) is 20.4. The Morgan fingerprint density at radius 3 is 2.84 bits per heavy atom. The fraction of sp³-hybridized carbons (Fsp3) is 0.350. The highest BCUT2D eigenvalue weighted by atomic mass is 16.7. The molecule has 0 amide bonds. The van der Waals surface area contributed by atoms with Gasteiger partial charge in [0.05, 0.1) is 12.5 Å². The van der Waals surface area contributed by atoms with Gasteiger partial charge in [-0.2, -0.15) is 0 Å². The lowest BCUT2D eigenvalue weighted by atomic mass is 9.86. The van der Waals surface area contributed by atoms with Crippen molar-refractivity contribution in [1.29, 1.82) is 0 Å². The largest absolute Gasteiger partial charge is 0.494 e. The van der Waals surface area contributed by atoms with Crippen LogP contribution in [0, 0.1) is 5.92 Å². The van der Waals surface area contributed by atoms with Crippen molar-refractivity contribution in [2.45, 2.75) is 25.7 Å². The van der Waals surface area contributed by atoms with Gasteiger partial charge in [0.1, 0.15) is 5.75 Å². The zero-order chi connectivity index (χ0) is 17.4. The Labute approximate surface area is 146 Å². The summed E-state index contributed by atoms with van der Waals surface area (Å²) in [6.07, 6.45) is 1.45. The third-order valence-corrected chi connectivity index (χ3v) is 4.84. The molecule has 2 aromatic rings. The van der Waals surface area contributed by atoms with Crippen LogP contribution in [0.4, 0.5) is 0 Å². The maximum Gasteiger partial charge on any atom is 0.307 e. The molecule has 0 radical (unpaired) electrons. The summed E-state index contributed by atoms with van der Waals surface area (Å²) in [4.78, 5) is 11.9. The molecule has 2 aliphatic rings. The van der Waals surface area contributed by atoms with Gasteiger partial charge in [0.2, 0.25) is 6.79 Å². The van der Waals surface area contributed by atoms with Crippen LogP contribution in [0.3, 0.4) is 0 Å². The number of fused-ring (bicyclic) bond motifs is 2. The van der Waals surface area contributed by atoms with E-state index in [2.05, 4.69) is 6.92 Å². The number of ether oxygens (including phenoxy) is 3. The summed E-state index contributed by atoms with van der Waals surface area (Å²) in [5.74, 6) is 0.722. The fourth-order valence-electron chi connectivity index (χ4n) is 3.69. The second-order valence-electron chi connectivity index (χ2n) is 6.45. The van der Waals surface area contributed by atoms with E-state index < -0.39 is 11.9 Å². The van der Waals surface area contributed by atoms with Crippen LogP contribution in [-0.4, -0.2) is 24.5 Å². The highest BCUT2D eigenvalue weighted by molar-refractivity contribution is 5.75. The van der Waals surface area contributed by atoms with Crippen molar-refractivity contribution in [1.82, 2.24) is 0 Å². The van der Waals surface area contributed by atoms with Gasteiger partial charge in [-0.1, -0.05) is 19.1 Å². The molecule has 130 valence electrons. The summed E-state index contributed by atoms with van der Waals surface area (Å²) in [6, 6.07) is 11.6. The number of benzene rings is 2. The van der Waals surface area contributed by atoms with E-state index >= 15 is 0 Å². The quantitative estimate of drug-likeness (QED) is 0.901. The zero-order valence-corrected chi connectivity index (χ0v) is 14.0.